The Morgan fingerprint density at radius 1 is 0.886 bits per heavy atom. The van der Waals surface area contributed by atoms with E-state index in [-0.39, 0.29) is 24.4 Å². The highest BCUT2D eigenvalue weighted by atomic mass is 35.5. The van der Waals surface area contributed by atoms with Crippen LogP contribution in [0.3, 0.4) is 0 Å². The van der Waals surface area contributed by atoms with Crippen LogP contribution in [0.15, 0.2) is 78.9 Å². The Bertz CT molecular complexity index is 1400. The summed E-state index contributed by atoms with van der Waals surface area (Å²) in [6.07, 6.45) is 2.12. The van der Waals surface area contributed by atoms with E-state index in [1.165, 1.54) is 5.56 Å². The van der Waals surface area contributed by atoms with Gasteiger partial charge >= 0.3 is 0 Å². The summed E-state index contributed by atoms with van der Waals surface area (Å²) in [6.45, 7) is 0.497. The van der Waals surface area contributed by atoms with Crippen molar-refractivity contribution < 1.29 is 9.59 Å². The molecule has 0 radical (unpaired) electrons. The number of aromatic nitrogens is 1. The highest BCUT2D eigenvalue weighted by Crippen LogP contribution is 2.41. The van der Waals surface area contributed by atoms with Crippen LogP contribution in [0.25, 0.3) is 10.9 Å². The van der Waals surface area contributed by atoms with Crippen molar-refractivity contribution in [1.82, 2.24) is 14.8 Å². The smallest absolute Gasteiger partial charge is 0.246 e. The summed E-state index contributed by atoms with van der Waals surface area (Å²) in [5.41, 5.74) is 5.49. The number of fused-ring (bicyclic) bond motifs is 4. The van der Waals surface area contributed by atoms with E-state index < -0.39 is 6.04 Å². The summed E-state index contributed by atoms with van der Waals surface area (Å²) in [7, 11) is 0. The number of aromatic amines is 1. The zero-order valence-corrected chi connectivity index (χ0v) is 20.0. The lowest BCUT2D eigenvalue weighted by atomic mass is 9.86. The lowest BCUT2D eigenvalue weighted by Crippen LogP contribution is -2.62. The summed E-state index contributed by atoms with van der Waals surface area (Å²) in [4.78, 5) is 34.5. The van der Waals surface area contributed by atoms with E-state index in [9.17, 15) is 9.59 Å². The second-order valence-corrected chi connectivity index (χ2v) is 9.88. The average Bonchev–Trinajstić information content (AvgIpc) is 3.25. The van der Waals surface area contributed by atoms with Crippen LogP contribution in [0.1, 0.15) is 34.8 Å². The molecule has 3 aromatic carbocycles. The Morgan fingerprint density at radius 2 is 1.63 bits per heavy atom. The number of carbonyl (C=O) groups is 2. The topological polar surface area (TPSA) is 56.4 Å². The molecule has 2 aliphatic heterocycles. The SMILES string of the molecule is O=C1[C@@H]2Cc3c([nH]c4ccccc34)C(CCc3ccccc3)N2C(=O)CN1Cc1ccc(Cl)cc1. The number of H-pyrrole nitrogens is 1. The standard InChI is InChI=1S/C29H26ClN3O2/c30-21-13-10-20(11-14-21)17-32-18-27(34)33-25(15-12-19-6-2-1-3-7-19)28-23(16-26(33)29(32)35)22-8-4-5-9-24(22)31-28/h1-11,13-14,25-26,31H,12,15-18H2/t25?,26-/m0/s1. The molecule has 4 aromatic rings. The maximum atomic E-state index is 13.8. The lowest BCUT2D eigenvalue weighted by molar-refractivity contribution is -0.160. The second-order valence-electron chi connectivity index (χ2n) is 9.44. The molecule has 0 bridgehead atoms. The summed E-state index contributed by atoms with van der Waals surface area (Å²) in [5.74, 6) is 0.0196. The molecule has 2 amide bonds. The summed E-state index contributed by atoms with van der Waals surface area (Å²) >= 11 is 6.03. The van der Waals surface area contributed by atoms with Gasteiger partial charge in [-0.1, -0.05) is 72.3 Å². The van der Waals surface area contributed by atoms with Crippen LogP contribution in [-0.4, -0.2) is 39.2 Å². The number of rotatable bonds is 5. The van der Waals surface area contributed by atoms with Gasteiger partial charge < -0.3 is 14.8 Å². The van der Waals surface area contributed by atoms with E-state index in [1.54, 1.807) is 4.90 Å². The number of aryl methyl sites for hydroxylation is 1. The van der Waals surface area contributed by atoms with Crippen molar-refractivity contribution in [3.05, 3.63) is 106 Å². The quantitative estimate of drug-likeness (QED) is 0.419. The minimum atomic E-state index is -0.490. The van der Waals surface area contributed by atoms with Gasteiger partial charge in [0, 0.05) is 34.6 Å². The third-order valence-electron chi connectivity index (χ3n) is 7.30. The van der Waals surface area contributed by atoms with Gasteiger partial charge in [0.25, 0.3) is 0 Å². The lowest BCUT2D eigenvalue weighted by Gasteiger charge is -2.47. The molecule has 176 valence electrons. The Morgan fingerprint density at radius 3 is 2.43 bits per heavy atom. The number of benzene rings is 3. The summed E-state index contributed by atoms with van der Waals surface area (Å²) in [5, 5.41) is 1.79. The monoisotopic (exact) mass is 483 g/mol. The summed E-state index contributed by atoms with van der Waals surface area (Å²) < 4.78 is 0. The molecule has 2 atom stereocenters. The first-order valence-electron chi connectivity index (χ1n) is 12.1. The number of para-hydroxylation sites is 1. The summed E-state index contributed by atoms with van der Waals surface area (Å²) in [6, 6.07) is 25.3. The van der Waals surface area contributed by atoms with Crippen LogP contribution in [0.4, 0.5) is 0 Å². The molecule has 0 saturated carbocycles. The van der Waals surface area contributed by atoms with Crippen molar-refractivity contribution in [2.75, 3.05) is 6.54 Å². The van der Waals surface area contributed by atoms with Crippen LogP contribution >= 0.6 is 11.6 Å². The molecule has 0 aliphatic carbocycles. The predicted octanol–water partition coefficient (Wildman–Crippen LogP) is 5.29. The number of amides is 2. The van der Waals surface area contributed by atoms with Crippen LogP contribution in [-0.2, 0) is 29.0 Å². The third kappa shape index (κ3) is 4.00. The van der Waals surface area contributed by atoms with E-state index in [0.717, 1.165) is 40.6 Å². The largest absolute Gasteiger partial charge is 0.356 e. The molecule has 1 N–H and O–H groups in total. The number of nitrogens with one attached hydrogen (secondary N) is 1. The van der Waals surface area contributed by atoms with Gasteiger partial charge in [0.15, 0.2) is 0 Å². The zero-order valence-electron chi connectivity index (χ0n) is 19.3. The van der Waals surface area contributed by atoms with Crippen molar-refractivity contribution in [1.29, 1.82) is 0 Å². The van der Waals surface area contributed by atoms with Crippen molar-refractivity contribution in [3.63, 3.8) is 0 Å². The molecule has 6 heteroatoms. The first kappa shape index (κ1) is 21.9. The maximum absolute atomic E-state index is 13.8. The number of piperazine rings is 1. The van der Waals surface area contributed by atoms with Crippen LogP contribution in [0.5, 0.6) is 0 Å². The Hall–Kier alpha value is -3.57. The van der Waals surface area contributed by atoms with Crippen molar-refractivity contribution in [2.24, 2.45) is 0 Å². The Kier molecular flexibility index (Phi) is 5.57. The molecule has 1 aromatic heterocycles. The van der Waals surface area contributed by atoms with Gasteiger partial charge in [-0.15, -0.1) is 0 Å². The van der Waals surface area contributed by atoms with Gasteiger partial charge in [-0.3, -0.25) is 9.59 Å². The van der Waals surface area contributed by atoms with E-state index in [4.69, 9.17) is 11.6 Å². The normalized spacial score (nSPS) is 19.7. The van der Waals surface area contributed by atoms with E-state index in [2.05, 4.69) is 29.2 Å². The molecule has 35 heavy (non-hydrogen) atoms. The van der Waals surface area contributed by atoms with E-state index in [0.29, 0.717) is 18.0 Å². The molecule has 2 aliphatic rings. The number of hydrogen-bond acceptors (Lipinski definition) is 2. The van der Waals surface area contributed by atoms with Gasteiger partial charge in [0.1, 0.15) is 12.6 Å². The molecule has 5 nitrogen and oxygen atoms in total. The Labute approximate surface area is 209 Å². The molecular formula is C29H26ClN3O2. The zero-order chi connectivity index (χ0) is 23.9. The van der Waals surface area contributed by atoms with Gasteiger partial charge in [-0.05, 0) is 47.7 Å². The minimum Gasteiger partial charge on any atom is -0.356 e. The number of hydrogen-bond donors (Lipinski definition) is 1. The first-order chi connectivity index (χ1) is 17.1. The van der Waals surface area contributed by atoms with Crippen molar-refractivity contribution >= 4 is 34.3 Å². The fourth-order valence-electron chi connectivity index (χ4n) is 5.64. The molecule has 1 fully saturated rings. The fraction of sp³-hybridized carbons (Fsp3) is 0.241. The molecule has 1 unspecified atom stereocenters. The van der Waals surface area contributed by atoms with Crippen LogP contribution < -0.4 is 0 Å². The third-order valence-corrected chi connectivity index (χ3v) is 7.55. The fourth-order valence-corrected chi connectivity index (χ4v) is 5.76. The minimum absolute atomic E-state index is 0.00549. The maximum Gasteiger partial charge on any atom is 0.246 e. The van der Waals surface area contributed by atoms with Crippen LogP contribution in [0, 0.1) is 0 Å². The first-order valence-corrected chi connectivity index (χ1v) is 12.4. The second kappa shape index (κ2) is 8.90. The molecule has 3 heterocycles. The molecule has 1 saturated heterocycles. The van der Waals surface area contributed by atoms with Gasteiger partial charge in [0.2, 0.25) is 11.8 Å². The van der Waals surface area contributed by atoms with Gasteiger partial charge in [-0.2, -0.15) is 0 Å². The predicted molar refractivity (Wildman–Crippen MR) is 137 cm³/mol. The average molecular weight is 484 g/mol. The number of carbonyl (C=O) groups excluding carboxylic acids is 2. The van der Waals surface area contributed by atoms with E-state index >= 15 is 0 Å². The highest BCUT2D eigenvalue weighted by molar-refractivity contribution is 6.30. The molecule has 0 spiro atoms. The van der Waals surface area contributed by atoms with Crippen molar-refractivity contribution in [3.8, 4) is 0 Å². The van der Waals surface area contributed by atoms with Gasteiger partial charge in [-0.25, -0.2) is 0 Å². The Balaban J connectivity index is 1.35. The van der Waals surface area contributed by atoms with Crippen molar-refractivity contribution in [2.45, 2.75) is 37.9 Å². The molecule has 6 rings (SSSR count). The molecular weight excluding hydrogens is 458 g/mol. The highest BCUT2D eigenvalue weighted by Gasteiger charge is 2.47. The van der Waals surface area contributed by atoms with Crippen LogP contribution in [0.2, 0.25) is 5.02 Å². The van der Waals surface area contributed by atoms with E-state index in [1.807, 2.05) is 59.5 Å². The number of halogens is 1. The number of nitrogens with zero attached hydrogens (tertiary/aromatic N) is 2. The van der Waals surface area contributed by atoms with Gasteiger partial charge in [0.05, 0.1) is 6.04 Å².